The molecule has 4 aromatic rings. The first-order chi connectivity index (χ1) is 13.1. The van der Waals surface area contributed by atoms with Gasteiger partial charge in [-0.1, -0.05) is 36.4 Å². The second-order valence-corrected chi connectivity index (χ2v) is 6.44. The van der Waals surface area contributed by atoms with Crippen molar-refractivity contribution in [3.63, 3.8) is 0 Å². The Bertz CT molecular complexity index is 1050. The molecule has 5 nitrogen and oxygen atoms in total. The number of aliphatic hydroxyl groups excluding tert-OH is 1. The lowest BCUT2D eigenvalue weighted by molar-refractivity contribution is 0.0696. The molecular weight excluding hydrogens is 342 g/mol. The van der Waals surface area contributed by atoms with E-state index < -0.39 is 12.1 Å². The minimum Gasteiger partial charge on any atom is -0.491 e. The van der Waals surface area contributed by atoms with E-state index in [1.165, 1.54) is 12.1 Å². The fourth-order valence-electron chi connectivity index (χ4n) is 3.35. The predicted octanol–water partition coefficient (Wildman–Crippen LogP) is 3.93. The summed E-state index contributed by atoms with van der Waals surface area (Å²) in [7, 11) is 0. The lowest BCUT2D eigenvalue weighted by Crippen LogP contribution is -2.23. The zero-order valence-corrected chi connectivity index (χ0v) is 14.6. The Kier molecular flexibility index (Phi) is 4.52. The van der Waals surface area contributed by atoms with E-state index in [0.29, 0.717) is 12.3 Å². The molecular formula is C22H19NO4. The Labute approximate surface area is 156 Å². The minimum absolute atomic E-state index is 0.118. The third kappa shape index (κ3) is 3.37. The number of rotatable bonds is 6. The highest BCUT2D eigenvalue weighted by molar-refractivity contribution is 6.07. The van der Waals surface area contributed by atoms with Gasteiger partial charge < -0.3 is 19.5 Å². The number of ether oxygens (including phenoxy) is 1. The van der Waals surface area contributed by atoms with Crippen LogP contribution in [0.2, 0.25) is 0 Å². The van der Waals surface area contributed by atoms with E-state index in [0.717, 1.165) is 21.8 Å². The number of benzene rings is 3. The number of fused-ring (bicyclic) bond motifs is 3. The highest BCUT2D eigenvalue weighted by Gasteiger charge is 2.14. The maximum atomic E-state index is 10.9. The van der Waals surface area contributed by atoms with Gasteiger partial charge in [0.05, 0.1) is 12.1 Å². The molecule has 1 heterocycles. The number of para-hydroxylation sites is 2. The predicted molar refractivity (Wildman–Crippen MR) is 104 cm³/mol. The van der Waals surface area contributed by atoms with Gasteiger partial charge >= 0.3 is 5.97 Å². The summed E-state index contributed by atoms with van der Waals surface area (Å²) in [5.74, 6) is -0.450. The molecule has 4 rings (SSSR count). The standard InChI is InChI=1S/C22H19NO4/c24-16(14-27-17-11-9-15(10-12-17)22(25)26)13-23-20-7-3-1-5-18(20)19-6-2-4-8-21(19)23/h1-12,16,24H,13-14H2,(H,25,26). The molecule has 5 heteroatoms. The Balaban J connectivity index is 1.52. The van der Waals surface area contributed by atoms with Crippen LogP contribution in [-0.4, -0.2) is 33.5 Å². The van der Waals surface area contributed by atoms with E-state index in [2.05, 4.69) is 16.7 Å². The average molecular weight is 361 g/mol. The van der Waals surface area contributed by atoms with E-state index in [1.807, 2.05) is 36.4 Å². The first-order valence-corrected chi connectivity index (χ1v) is 8.73. The first kappa shape index (κ1) is 17.1. The fraction of sp³-hybridized carbons (Fsp3) is 0.136. The molecule has 0 aliphatic carbocycles. The maximum Gasteiger partial charge on any atom is 0.335 e. The normalized spacial score (nSPS) is 12.3. The SMILES string of the molecule is O=C(O)c1ccc(OCC(O)Cn2c3ccccc3c3ccccc32)cc1. The molecule has 0 aliphatic rings. The van der Waals surface area contributed by atoms with Gasteiger partial charge in [0.1, 0.15) is 18.5 Å². The van der Waals surface area contributed by atoms with Gasteiger partial charge in [-0.05, 0) is 36.4 Å². The zero-order chi connectivity index (χ0) is 18.8. The molecule has 1 aromatic heterocycles. The summed E-state index contributed by atoms with van der Waals surface area (Å²) in [6.07, 6.45) is -0.705. The molecule has 1 atom stereocenters. The molecule has 0 bridgehead atoms. The molecule has 0 saturated carbocycles. The van der Waals surface area contributed by atoms with E-state index in [-0.39, 0.29) is 12.2 Å². The number of aromatic carboxylic acids is 1. The van der Waals surface area contributed by atoms with Gasteiger partial charge in [0.15, 0.2) is 0 Å². The molecule has 0 fully saturated rings. The third-order valence-corrected chi connectivity index (χ3v) is 4.62. The van der Waals surface area contributed by atoms with Gasteiger partial charge in [-0.2, -0.15) is 0 Å². The highest BCUT2D eigenvalue weighted by atomic mass is 16.5. The summed E-state index contributed by atoms with van der Waals surface area (Å²) in [5.41, 5.74) is 2.35. The smallest absolute Gasteiger partial charge is 0.335 e. The van der Waals surface area contributed by atoms with Crippen LogP contribution in [0.3, 0.4) is 0 Å². The van der Waals surface area contributed by atoms with Crippen LogP contribution >= 0.6 is 0 Å². The maximum absolute atomic E-state index is 10.9. The Hall–Kier alpha value is -3.31. The van der Waals surface area contributed by atoms with E-state index in [9.17, 15) is 9.90 Å². The van der Waals surface area contributed by atoms with Crippen molar-refractivity contribution in [3.05, 3.63) is 78.4 Å². The second kappa shape index (κ2) is 7.13. The summed E-state index contributed by atoms with van der Waals surface area (Å²) in [4.78, 5) is 10.9. The quantitative estimate of drug-likeness (QED) is 0.546. The molecule has 0 radical (unpaired) electrons. The van der Waals surface area contributed by atoms with Crippen molar-refractivity contribution in [1.82, 2.24) is 4.57 Å². The molecule has 0 amide bonds. The molecule has 136 valence electrons. The second-order valence-electron chi connectivity index (χ2n) is 6.44. The van der Waals surface area contributed by atoms with Crippen molar-refractivity contribution in [2.24, 2.45) is 0 Å². The number of hydrogen-bond acceptors (Lipinski definition) is 3. The van der Waals surface area contributed by atoms with Crippen LogP contribution in [-0.2, 0) is 6.54 Å². The summed E-state index contributed by atoms with van der Waals surface area (Å²) < 4.78 is 7.72. The number of aromatic nitrogens is 1. The number of carbonyl (C=O) groups is 1. The Morgan fingerprint density at radius 2 is 1.44 bits per heavy atom. The molecule has 0 saturated heterocycles. The largest absolute Gasteiger partial charge is 0.491 e. The van der Waals surface area contributed by atoms with Crippen LogP contribution in [0.25, 0.3) is 21.8 Å². The van der Waals surface area contributed by atoms with Crippen molar-refractivity contribution in [2.45, 2.75) is 12.6 Å². The van der Waals surface area contributed by atoms with Crippen LogP contribution in [0.15, 0.2) is 72.8 Å². The van der Waals surface area contributed by atoms with E-state index in [1.54, 1.807) is 12.1 Å². The molecule has 0 spiro atoms. The average Bonchev–Trinajstić information content (AvgIpc) is 3.01. The molecule has 27 heavy (non-hydrogen) atoms. The number of aliphatic hydroxyl groups is 1. The van der Waals surface area contributed by atoms with Crippen molar-refractivity contribution in [1.29, 1.82) is 0 Å². The van der Waals surface area contributed by atoms with Crippen molar-refractivity contribution < 1.29 is 19.7 Å². The molecule has 1 unspecified atom stereocenters. The zero-order valence-electron chi connectivity index (χ0n) is 14.6. The number of carboxylic acids is 1. The summed E-state index contributed by atoms with van der Waals surface area (Å²) in [5, 5.41) is 21.7. The van der Waals surface area contributed by atoms with E-state index in [4.69, 9.17) is 9.84 Å². The molecule has 2 N–H and O–H groups in total. The van der Waals surface area contributed by atoms with Crippen LogP contribution in [0.5, 0.6) is 5.75 Å². The first-order valence-electron chi connectivity index (χ1n) is 8.73. The van der Waals surface area contributed by atoms with Gasteiger partial charge in [-0.25, -0.2) is 4.79 Å². The van der Waals surface area contributed by atoms with Gasteiger partial charge in [0, 0.05) is 21.8 Å². The van der Waals surface area contributed by atoms with Crippen LogP contribution in [0, 0.1) is 0 Å². The highest BCUT2D eigenvalue weighted by Crippen LogP contribution is 2.28. The Morgan fingerprint density at radius 1 is 0.889 bits per heavy atom. The van der Waals surface area contributed by atoms with Gasteiger partial charge in [-0.15, -0.1) is 0 Å². The summed E-state index contributed by atoms with van der Waals surface area (Å²) in [6.45, 7) is 0.522. The topological polar surface area (TPSA) is 71.7 Å². The number of nitrogens with zero attached hydrogens (tertiary/aromatic N) is 1. The third-order valence-electron chi connectivity index (χ3n) is 4.62. The van der Waals surface area contributed by atoms with Crippen molar-refractivity contribution >= 4 is 27.8 Å². The Morgan fingerprint density at radius 3 is 2.00 bits per heavy atom. The van der Waals surface area contributed by atoms with Crippen LogP contribution in [0.4, 0.5) is 0 Å². The van der Waals surface area contributed by atoms with E-state index >= 15 is 0 Å². The lowest BCUT2D eigenvalue weighted by Gasteiger charge is -2.15. The lowest BCUT2D eigenvalue weighted by atomic mass is 10.2. The van der Waals surface area contributed by atoms with Crippen LogP contribution < -0.4 is 4.74 Å². The molecule has 3 aromatic carbocycles. The fourth-order valence-corrected chi connectivity index (χ4v) is 3.35. The number of carboxylic acid groups (broad SMARTS) is 1. The minimum atomic E-state index is -0.979. The van der Waals surface area contributed by atoms with Crippen LogP contribution in [0.1, 0.15) is 10.4 Å². The molecule has 0 aliphatic heterocycles. The van der Waals surface area contributed by atoms with Crippen molar-refractivity contribution in [3.8, 4) is 5.75 Å². The summed E-state index contributed by atoms with van der Waals surface area (Å²) in [6, 6.07) is 22.4. The van der Waals surface area contributed by atoms with Gasteiger partial charge in [-0.3, -0.25) is 0 Å². The number of hydrogen-bond donors (Lipinski definition) is 2. The summed E-state index contributed by atoms with van der Waals surface area (Å²) >= 11 is 0. The van der Waals surface area contributed by atoms with Crippen molar-refractivity contribution in [2.75, 3.05) is 6.61 Å². The monoisotopic (exact) mass is 361 g/mol. The van der Waals surface area contributed by atoms with Gasteiger partial charge in [0.25, 0.3) is 0 Å². The van der Waals surface area contributed by atoms with Gasteiger partial charge in [0.2, 0.25) is 0 Å².